The molecule has 6 nitrogen and oxygen atoms in total. The summed E-state index contributed by atoms with van der Waals surface area (Å²) >= 11 is 0. The van der Waals surface area contributed by atoms with Crippen LogP contribution < -0.4 is 0 Å². The van der Waals surface area contributed by atoms with E-state index in [1.165, 1.54) is 11.1 Å². The van der Waals surface area contributed by atoms with Crippen molar-refractivity contribution in [1.82, 2.24) is 19.4 Å². The summed E-state index contributed by atoms with van der Waals surface area (Å²) in [6, 6.07) is 24.0. The minimum absolute atomic E-state index is 0. The molecule has 1 atom stereocenters. The molecule has 3 N–H and O–H groups in total. The molecule has 1 unspecified atom stereocenters. The molecule has 178 valence electrons. The van der Waals surface area contributed by atoms with Crippen LogP contribution in [0.5, 0.6) is 0 Å². The summed E-state index contributed by atoms with van der Waals surface area (Å²) in [5, 5.41) is 9.21. The van der Waals surface area contributed by atoms with E-state index in [1.807, 2.05) is 22.8 Å². The zero-order chi connectivity index (χ0) is 22.6. The second-order valence-corrected chi connectivity index (χ2v) is 8.66. The van der Waals surface area contributed by atoms with Gasteiger partial charge in [0.05, 0.1) is 30.0 Å². The van der Waals surface area contributed by atoms with Crippen LogP contribution in [0.1, 0.15) is 22.7 Å². The summed E-state index contributed by atoms with van der Waals surface area (Å²) < 4.78 is 15.5. The fourth-order valence-electron chi connectivity index (χ4n) is 4.83. The Morgan fingerprint density at radius 1 is 0.882 bits per heavy atom. The van der Waals surface area contributed by atoms with E-state index >= 15 is 0 Å². The molecule has 4 aromatic rings. The van der Waals surface area contributed by atoms with Crippen LogP contribution in [0.2, 0.25) is 0 Å². The van der Waals surface area contributed by atoms with E-state index in [0.29, 0.717) is 6.54 Å². The van der Waals surface area contributed by atoms with Gasteiger partial charge in [0, 0.05) is 39.3 Å². The first-order valence-corrected chi connectivity index (χ1v) is 11.5. The number of benzene rings is 3. The molecular formula is C27H31FN4O2. The summed E-state index contributed by atoms with van der Waals surface area (Å²) in [5.41, 5.74) is 5.65. The molecule has 1 aliphatic heterocycles. The largest absolute Gasteiger partial charge is 0.412 e. The third-order valence-electron chi connectivity index (χ3n) is 6.51. The standard InChI is InChI=1S/C27H29FN4O.H2O/c28-24-9-7-23(8-10-24)27(22-4-2-1-3-5-22)31-14-12-30(13-15-31)19-21-6-11-26-25(18-21)29-20-32(26)16-17-33;/h1-11,18,20,27,33H,12-17,19H2;1H2. The lowest BCUT2D eigenvalue weighted by Gasteiger charge is -2.39. The van der Waals surface area contributed by atoms with Gasteiger partial charge in [-0.05, 0) is 41.0 Å². The smallest absolute Gasteiger partial charge is 0.123 e. The number of hydrogen-bond acceptors (Lipinski definition) is 4. The Bertz CT molecular complexity index is 1190. The van der Waals surface area contributed by atoms with Crippen molar-refractivity contribution in [3.8, 4) is 0 Å². The molecule has 7 heteroatoms. The lowest BCUT2D eigenvalue weighted by Crippen LogP contribution is -2.47. The van der Waals surface area contributed by atoms with Crippen molar-refractivity contribution in [3.63, 3.8) is 0 Å². The summed E-state index contributed by atoms with van der Waals surface area (Å²) in [6.07, 6.45) is 1.79. The average Bonchev–Trinajstić information content (AvgIpc) is 3.24. The van der Waals surface area contributed by atoms with E-state index in [4.69, 9.17) is 0 Å². The monoisotopic (exact) mass is 462 g/mol. The lowest BCUT2D eigenvalue weighted by molar-refractivity contribution is 0.105. The molecular weight excluding hydrogens is 431 g/mol. The Balaban J connectivity index is 0.00000274. The molecule has 0 amide bonds. The van der Waals surface area contributed by atoms with Crippen LogP contribution >= 0.6 is 0 Å². The van der Waals surface area contributed by atoms with Crippen LogP contribution in [-0.2, 0) is 13.1 Å². The maximum absolute atomic E-state index is 13.6. The molecule has 34 heavy (non-hydrogen) atoms. The molecule has 1 saturated heterocycles. The summed E-state index contributed by atoms with van der Waals surface area (Å²) in [5.74, 6) is -0.200. The zero-order valence-electron chi connectivity index (χ0n) is 19.1. The number of piperazine rings is 1. The Morgan fingerprint density at radius 3 is 2.29 bits per heavy atom. The van der Waals surface area contributed by atoms with Crippen molar-refractivity contribution in [2.75, 3.05) is 32.8 Å². The molecule has 1 aliphatic rings. The van der Waals surface area contributed by atoms with E-state index in [1.54, 1.807) is 18.5 Å². The number of rotatable bonds is 7. The third kappa shape index (κ3) is 5.18. The van der Waals surface area contributed by atoms with Crippen LogP contribution in [-0.4, -0.2) is 62.7 Å². The number of aromatic nitrogens is 2. The minimum Gasteiger partial charge on any atom is -0.412 e. The number of imidazole rings is 1. The number of aliphatic hydroxyl groups excluding tert-OH is 1. The molecule has 2 heterocycles. The van der Waals surface area contributed by atoms with Gasteiger partial charge in [0.1, 0.15) is 5.82 Å². The van der Waals surface area contributed by atoms with Crippen molar-refractivity contribution in [2.45, 2.75) is 19.1 Å². The Kier molecular flexibility index (Phi) is 7.70. The van der Waals surface area contributed by atoms with Gasteiger partial charge in [-0.3, -0.25) is 9.80 Å². The third-order valence-corrected chi connectivity index (χ3v) is 6.51. The molecule has 3 aromatic carbocycles. The van der Waals surface area contributed by atoms with Crippen molar-refractivity contribution in [2.24, 2.45) is 0 Å². The second-order valence-electron chi connectivity index (χ2n) is 8.66. The number of nitrogens with zero attached hydrogens (tertiary/aromatic N) is 4. The summed E-state index contributed by atoms with van der Waals surface area (Å²) in [4.78, 5) is 9.48. The predicted octanol–water partition coefficient (Wildman–Crippen LogP) is 3.25. The minimum atomic E-state index is -0.200. The van der Waals surface area contributed by atoms with E-state index in [-0.39, 0.29) is 23.9 Å². The zero-order valence-corrected chi connectivity index (χ0v) is 19.1. The average molecular weight is 463 g/mol. The Labute approximate surface area is 199 Å². The number of halogens is 1. The van der Waals surface area contributed by atoms with Gasteiger partial charge in [0.15, 0.2) is 0 Å². The molecule has 1 fully saturated rings. The highest BCUT2D eigenvalue weighted by Crippen LogP contribution is 2.30. The molecule has 1 aromatic heterocycles. The maximum atomic E-state index is 13.6. The SMILES string of the molecule is O.OCCn1cnc2cc(CN3CCN(C(c4ccccc4)c4ccc(F)cc4)CC3)ccc21. The van der Waals surface area contributed by atoms with Gasteiger partial charge in [0.2, 0.25) is 0 Å². The molecule has 5 rings (SSSR count). The van der Waals surface area contributed by atoms with Crippen LogP contribution in [0, 0.1) is 5.82 Å². The first-order chi connectivity index (χ1) is 16.2. The fraction of sp³-hybridized carbons (Fsp3) is 0.296. The molecule has 0 radical (unpaired) electrons. The highest BCUT2D eigenvalue weighted by Gasteiger charge is 2.26. The fourth-order valence-corrected chi connectivity index (χ4v) is 4.83. The normalized spacial score (nSPS) is 15.8. The summed E-state index contributed by atoms with van der Waals surface area (Å²) in [7, 11) is 0. The van der Waals surface area contributed by atoms with Gasteiger partial charge in [0.25, 0.3) is 0 Å². The van der Waals surface area contributed by atoms with Crippen molar-refractivity contribution in [3.05, 3.63) is 102 Å². The van der Waals surface area contributed by atoms with Crippen LogP contribution in [0.25, 0.3) is 11.0 Å². The quantitative estimate of drug-likeness (QED) is 0.458. The maximum Gasteiger partial charge on any atom is 0.123 e. The van der Waals surface area contributed by atoms with E-state index < -0.39 is 0 Å². The van der Waals surface area contributed by atoms with Crippen LogP contribution in [0.4, 0.5) is 4.39 Å². The van der Waals surface area contributed by atoms with Crippen LogP contribution in [0.3, 0.4) is 0 Å². The highest BCUT2D eigenvalue weighted by atomic mass is 19.1. The van der Waals surface area contributed by atoms with E-state index in [0.717, 1.165) is 49.3 Å². The number of aliphatic hydroxyl groups is 1. The van der Waals surface area contributed by atoms with Crippen molar-refractivity contribution >= 4 is 11.0 Å². The Morgan fingerprint density at radius 2 is 1.59 bits per heavy atom. The van der Waals surface area contributed by atoms with Crippen LogP contribution in [0.15, 0.2) is 79.1 Å². The number of hydrogen-bond donors (Lipinski definition) is 1. The first-order valence-electron chi connectivity index (χ1n) is 11.5. The van der Waals surface area contributed by atoms with Gasteiger partial charge in [-0.2, -0.15) is 0 Å². The Hall–Kier alpha value is -3.10. The van der Waals surface area contributed by atoms with Gasteiger partial charge in [-0.1, -0.05) is 48.5 Å². The topological polar surface area (TPSA) is 76.0 Å². The van der Waals surface area contributed by atoms with Crippen molar-refractivity contribution in [1.29, 1.82) is 0 Å². The molecule has 0 aliphatic carbocycles. The van der Waals surface area contributed by atoms with Gasteiger partial charge >= 0.3 is 0 Å². The predicted molar refractivity (Wildman–Crippen MR) is 132 cm³/mol. The first kappa shape index (κ1) is 24.0. The lowest BCUT2D eigenvalue weighted by atomic mass is 9.96. The molecule has 0 bridgehead atoms. The van der Waals surface area contributed by atoms with Gasteiger partial charge in [-0.15, -0.1) is 0 Å². The van der Waals surface area contributed by atoms with Gasteiger partial charge in [-0.25, -0.2) is 9.37 Å². The number of fused-ring (bicyclic) bond motifs is 1. The van der Waals surface area contributed by atoms with E-state index in [9.17, 15) is 9.50 Å². The molecule has 0 spiro atoms. The summed E-state index contributed by atoms with van der Waals surface area (Å²) in [6.45, 7) is 5.41. The highest BCUT2D eigenvalue weighted by molar-refractivity contribution is 5.76. The molecule has 0 saturated carbocycles. The second kappa shape index (κ2) is 10.9. The van der Waals surface area contributed by atoms with E-state index in [2.05, 4.69) is 57.2 Å². The van der Waals surface area contributed by atoms with Gasteiger partial charge < -0.3 is 15.1 Å². The van der Waals surface area contributed by atoms with Crippen molar-refractivity contribution < 1.29 is 15.0 Å².